The normalized spacial score (nSPS) is 17.6. The van der Waals surface area contributed by atoms with Crippen LogP contribution in [-0.4, -0.2) is 29.6 Å². The Morgan fingerprint density at radius 1 is 1.25 bits per heavy atom. The van der Waals surface area contributed by atoms with Crippen LogP contribution in [0.2, 0.25) is 5.02 Å². The number of ether oxygens (including phenoxy) is 1. The minimum Gasteiger partial charge on any atom is -0.376 e. The maximum absolute atomic E-state index is 13.2. The molecule has 5 heteroatoms. The molecular formula is C23H23ClN2O2. The smallest absolute Gasteiger partial charge is 0.252 e. The fourth-order valence-electron chi connectivity index (χ4n) is 3.72. The number of benzene rings is 2. The molecule has 1 N–H and O–H groups in total. The van der Waals surface area contributed by atoms with Gasteiger partial charge in [0.05, 0.1) is 28.9 Å². The number of amides is 1. The van der Waals surface area contributed by atoms with Gasteiger partial charge in [-0.25, -0.2) is 4.98 Å². The summed E-state index contributed by atoms with van der Waals surface area (Å²) in [7, 11) is 0. The summed E-state index contributed by atoms with van der Waals surface area (Å²) in [5.74, 6) is -0.116. The molecular weight excluding hydrogens is 372 g/mol. The standard InChI is InChI=1S/C23H23ClN2O2/c1-14-19(24)11-10-17-18(23(27)25-15(2)21-9-6-12-28-21)13-20(26-22(14)17)16-7-4-3-5-8-16/h3-5,7-8,10-11,13,15,21H,6,9,12H2,1-2H3,(H,25,27). The molecule has 1 aromatic heterocycles. The van der Waals surface area contributed by atoms with Crippen molar-refractivity contribution in [2.75, 3.05) is 6.61 Å². The third kappa shape index (κ3) is 3.62. The molecule has 1 fully saturated rings. The van der Waals surface area contributed by atoms with Gasteiger partial charge >= 0.3 is 0 Å². The molecule has 0 saturated carbocycles. The van der Waals surface area contributed by atoms with Gasteiger partial charge in [0.2, 0.25) is 0 Å². The Morgan fingerprint density at radius 3 is 2.75 bits per heavy atom. The molecule has 2 aromatic carbocycles. The van der Waals surface area contributed by atoms with Crippen molar-refractivity contribution in [3.05, 3.63) is 64.7 Å². The topological polar surface area (TPSA) is 51.2 Å². The van der Waals surface area contributed by atoms with Gasteiger partial charge in [-0.1, -0.05) is 48.0 Å². The molecule has 1 amide bonds. The second-order valence-electron chi connectivity index (χ2n) is 7.30. The van der Waals surface area contributed by atoms with Crippen LogP contribution in [0.15, 0.2) is 48.5 Å². The van der Waals surface area contributed by atoms with E-state index in [0.29, 0.717) is 10.6 Å². The van der Waals surface area contributed by atoms with Crippen LogP contribution in [0.25, 0.3) is 22.2 Å². The largest absolute Gasteiger partial charge is 0.376 e. The van der Waals surface area contributed by atoms with Crippen LogP contribution < -0.4 is 5.32 Å². The number of fused-ring (bicyclic) bond motifs is 1. The minimum atomic E-state index is -0.116. The van der Waals surface area contributed by atoms with E-state index >= 15 is 0 Å². The lowest BCUT2D eigenvalue weighted by Crippen LogP contribution is -2.40. The molecule has 28 heavy (non-hydrogen) atoms. The van der Waals surface area contributed by atoms with E-state index in [1.54, 1.807) is 0 Å². The number of carbonyl (C=O) groups excluding carboxylic acids is 1. The highest BCUT2D eigenvalue weighted by Crippen LogP contribution is 2.30. The van der Waals surface area contributed by atoms with Gasteiger partial charge in [0.15, 0.2) is 0 Å². The third-order valence-corrected chi connectivity index (χ3v) is 5.77. The Bertz CT molecular complexity index is 1010. The van der Waals surface area contributed by atoms with Crippen LogP contribution in [0.1, 0.15) is 35.7 Å². The zero-order chi connectivity index (χ0) is 19.7. The van der Waals surface area contributed by atoms with E-state index in [4.69, 9.17) is 21.3 Å². The van der Waals surface area contributed by atoms with Crippen molar-refractivity contribution in [3.8, 4) is 11.3 Å². The predicted molar refractivity (Wildman–Crippen MR) is 113 cm³/mol. The highest BCUT2D eigenvalue weighted by atomic mass is 35.5. The molecule has 144 valence electrons. The molecule has 0 aliphatic carbocycles. The summed E-state index contributed by atoms with van der Waals surface area (Å²) in [5, 5.41) is 4.57. The molecule has 4 rings (SSSR count). The predicted octanol–water partition coefficient (Wildman–Crippen LogP) is 5.16. The van der Waals surface area contributed by atoms with Gasteiger partial charge < -0.3 is 10.1 Å². The Labute approximate surface area is 169 Å². The van der Waals surface area contributed by atoms with E-state index in [-0.39, 0.29) is 18.1 Å². The van der Waals surface area contributed by atoms with E-state index in [9.17, 15) is 4.79 Å². The Kier molecular flexibility index (Phi) is 5.33. The van der Waals surface area contributed by atoms with Gasteiger partial charge in [0.1, 0.15) is 0 Å². The Balaban J connectivity index is 1.79. The molecule has 2 atom stereocenters. The summed E-state index contributed by atoms with van der Waals surface area (Å²) in [6.07, 6.45) is 2.09. The minimum absolute atomic E-state index is 0.0493. The number of nitrogens with zero attached hydrogens (tertiary/aromatic N) is 1. The fraction of sp³-hybridized carbons (Fsp3) is 0.304. The van der Waals surface area contributed by atoms with Crippen molar-refractivity contribution in [3.63, 3.8) is 0 Å². The first-order valence-electron chi connectivity index (χ1n) is 9.62. The number of aryl methyl sites for hydroxylation is 1. The third-order valence-electron chi connectivity index (χ3n) is 5.36. The average molecular weight is 395 g/mol. The van der Waals surface area contributed by atoms with Crippen molar-refractivity contribution in [2.45, 2.75) is 38.8 Å². The molecule has 0 spiro atoms. The van der Waals surface area contributed by atoms with Crippen molar-refractivity contribution in [1.29, 1.82) is 0 Å². The molecule has 3 aromatic rings. The van der Waals surface area contributed by atoms with Gasteiger partial charge in [-0.2, -0.15) is 0 Å². The maximum Gasteiger partial charge on any atom is 0.252 e. The molecule has 0 bridgehead atoms. The summed E-state index contributed by atoms with van der Waals surface area (Å²) in [4.78, 5) is 18.0. The SMILES string of the molecule is Cc1c(Cl)ccc2c(C(=O)NC(C)C3CCCO3)cc(-c3ccccc3)nc12. The maximum atomic E-state index is 13.2. The first kappa shape index (κ1) is 18.9. The van der Waals surface area contributed by atoms with Crippen molar-refractivity contribution in [2.24, 2.45) is 0 Å². The number of pyridine rings is 1. The van der Waals surface area contributed by atoms with Gasteiger partial charge in [0.25, 0.3) is 5.91 Å². The quantitative estimate of drug-likeness (QED) is 0.664. The van der Waals surface area contributed by atoms with Crippen LogP contribution in [0, 0.1) is 6.92 Å². The van der Waals surface area contributed by atoms with Crippen LogP contribution in [0.5, 0.6) is 0 Å². The molecule has 2 unspecified atom stereocenters. The summed E-state index contributed by atoms with van der Waals surface area (Å²) in [6, 6.07) is 15.4. The lowest BCUT2D eigenvalue weighted by molar-refractivity contribution is 0.0713. The van der Waals surface area contributed by atoms with E-state index in [2.05, 4.69) is 5.32 Å². The zero-order valence-corrected chi connectivity index (χ0v) is 16.8. The van der Waals surface area contributed by atoms with Crippen molar-refractivity contribution in [1.82, 2.24) is 10.3 Å². The summed E-state index contributed by atoms with van der Waals surface area (Å²) >= 11 is 6.33. The summed E-state index contributed by atoms with van der Waals surface area (Å²) in [6.45, 7) is 4.69. The molecule has 0 radical (unpaired) electrons. The van der Waals surface area contributed by atoms with Crippen LogP contribution in [0.3, 0.4) is 0 Å². The highest BCUT2D eigenvalue weighted by molar-refractivity contribution is 6.32. The molecule has 1 saturated heterocycles. The zero-order valence-electron chi connectivity index (χ0n) is 16.0. The van der Waals surface area contributed by atoms with E-state index in [1.807, 2.05) is 62.4 Å². The second kappa shape index (κ2) is 7.90. The van der Waals surface area contributed by atoms with Gasteiger partial charge in [-0.05, 0) is 44.4 Å². The average Bonchev–Trinajstić information content (AvgIpc) is 3.26. The Hall–Kier alpha value is -2.43. The van der Waals surface area contributed by atoms with Crippen LogP contribution in [-0.2, 0) is 4.74 Å². The molecule has 4 nitrogen and oxygen atoms in total. The van der Waals surface area contributed by atoms with Gasteiger partial charge in [-0.3, -0.25) is 4.79 Å². The number of halogens is 1. The fourth-order valence-corrected chi connectivity index (χ4v) is 3.88. The highest BCUT2D eigenvalue weighted by Gasteiger charge is 2.25. The number of rotatable bonds is 4. The number of hydrogen-bond acceptors (Lipinski definition) is 3. The lowest BCUT2D eigenvalue weighted by Gasteiger charge is -2.21. The number of carbonyl (C=O) groups is 1. The second-order valence-corrected chi connectivity index (χ2v) is 7.71. The van der Waals surface area contributed by atoms with E-state index in [0.717, 1.165) is 47.2 Å². The van der Waals surface area contributed by atoms with E-state index < -0.39 is 0 Å². The van der Waals surface area contributed by atoms with E-state index in [1.165, 1.54) is 0 Å². The summed E-state index contributed by atoms with van der Waals surface area (Å²) < 4.78 is 5.72. The first-order chi connectivity index (χ1) is 13.5. The van der Waals surface area contributed by atoms with Crippen molar-refractivity contribution < 1.29 is 9.53 Å². The lowest BCUT2D eigenvalue weighted by atomic mass is 10.0. The van der Waals surface area contributed by atoms with Crippen LogP contribution >= 0.6 is 11.6 Å². The molecule has 1 aliphatic rings. The number of hydrogen-bond donors (Lipinski definition) is 1. The summed E-state index contributed by atoms with van der Waals surface area (Å²) in [5.41, 5.74) is 3.95. The monoisotopic (exact) mass is 394 g/mol. The van der Waals surface area contributed by atoms with Gasteiger partial charge in [0, 0.05) is 22.6 Å². The Morgan fingerprint density at radius 2 is 2.04 bits per heavy atom. The van der Waals surface area contributed by atoms with Crippen molar-refractivity contribution >= 4 is 28.4 Å². The number of aromatic nitrogens is 1. The van der Waals surface area contributed by atoms with Crippen LogP contribution in [0.4, 0.5) is 0 Å². The molecule has 2 heterocycles. The number of nitrogens with one attached hydrogen (secondary N) is 1. The van der Waals surface area contributed by atoms with Gasteiger partial charge in [-0.15, -0.1) is 0 Å². The molecule has 1 aliphatic heterocycles. The first-order valence-corrected chi connectivity index (χ1v) is 10.00.